The molecule has 0 radical (unpaired) electrons. The number of H-pyrrole nitrogens is 1. The first-order valence-electron chi connectivity index (χ1n) is 13.8. The Hall–Kier alpha value is -5.23. The van der Waals surface area contributed by atoms with E-state index in [0.717, 1.165) is 32.0 Å². The van der Waals surface area contributed by atoms with Gasteiger partial charge in [0.2, 0.25) is 0 Å². The van der Waals surface area contributed by atoms with Crippen LogP contribution in [0.4, 0.5) is 10.5 Å². The maximum Gasteiger partial charge on any atom is 0.435 e. The van der Waals surface area contributed by atoms with Crippen molar-refractivity contribution in [2.75, 3.05) is 24.6 Å². The maximum absolute atomic E-state index is 14.1. The molecule has 1 amide bonds. The van der Waals surface area contributed by atoms with Crippen molar-refractivity contribution in [3.05, 3.63) is 101 Å². The van der Waals surface area contributed by atoms with Crippen LogP contribution in [0.2, 0.25) is 0 Å². The number of fused-ring (bicyclic) bond motifs is 2. The van der Waals surface area contributed by atoms with Crippen molar-refractivity contribution < 1.29 is 27.5 Å². The second-order valence-corrected chi connectivity index (χ2v) is 11.8. The highest BCUT2D eigenvalue weighted by Gasteiger charge is 2.30. The quantitative estimate of drug-likeness (QED) is 0.136. The van der Waals surface area contributed by atoms with Gasteiger partial charge in [-0.25, -0.2) is 13.2 Å². The van der Waals surface area contributed by atoms with Crippen LogP contribution < -0.4 is 10.0 Å². The number of pyridine rings is 1. The third-order valence-electron chi connectivity index (χ3n) is 7.19. The molecule has 2 aromatic heterocycles. The van der Waals surface area contributed by atoms with Crippen LogP contribution in [0.1, 0.15) is 29.3 Å². The lowest BCUT2D eigenvalue weighted by Crippen LogP contribution is -2.36. The van der Waals surface area contributed by atoms with Crippen LogP contribution in [0, 0.1) is 6.92 Å². The number of esters is 1. The van der Waals surface area contributed by atoms with Gasteiger partial charge in [0.05, 0.1) is 24.9 Å². The fourth-order valence-electron chi connectivity index (χ4n) is 4.95. The Morgan fingerprint density at radius 3 is 2.52 bits per heavy atom. The number of amidine groups is 1. The van der Waals surface area contributed by atoms with Gasteiger partial charge in [-0.3, -0.25) is 14.1 Å². The Morgan fingerprint density at radius 2 is 1.80 bits per heavy atom. The number of sulfonamides is 1. The number of carbonyl (C=O) groups excluding carboxylic acids is 2. The molecule has 2 heterocycles. The Kier molecular flexibility index (Phi) is 8.63. The molecule has 0 spiro atoms. The first-order chi connectivity index (χ1) is 21.1. The number of aryl methyl sites for hydroxylation is 1. The third-order valence-corrected chi connectivity index (χ3v) is 9.00. The van der Waals surface area contributed by atoms with E-state index in [0.29, 0.717) is 28.6 Å². The average molecular weight is 614 g/mol. The molecule has 226 valence electrons. The van der Waals surface area contributed by atoms with Crippen LogP contribution in [0.15, 0.2) is 88.9 Å². The second kappa shape index (κ2) is 12.6. The minimum absolute atomic E-state index is 0.00723. The van der Waals surface area contributed by atoms with E-state index in [1.54, 1.807) is 61.5 Å². The fourth-order valence-corrected chi connectivity index (χ4v) is 6.52. The van der Waals surface area contributed by atoms with E-state index >= 15 is 0 Å². The standard InChI is InChI=1S/C32H31N5O6S/c1-4-43-29(38)19-37(44(40,41)28-9-5-7-22-8-6-16-34-30(22)28)24-14-15-26-25(18-24)20(2)27(35-26)17-21-10-12-23(13-11-21)31(33)36-32(39)42-3/h5-16,18,35H,4,17,19H2,1-3H3,(H2,33,36,39). The SMILES string of the molecule is CCOC(=O)CN(c1ccc2[nH]c(Cc3ccc(C(N)=NC(=O)OC)cc3)c(C)c2c1)S(=O)(=O)c1cccc2cccnc12. The molecule has 3 aromatic carbocycles. The number of hydrogen-bond donors (Lipinski definition) is 2. The molecular weight excluding hydrogens is 582 g/mol. The van der Waals surface area contributed by atoms with E-state index in [1.165, 1.54) is 19.4 Å². The van der Waals surface area contributed by atoms with Crippen LogP contribution in [0.25, 0.3) is 21.8 Å². The summed E-state index contributed by atoms with van der Waals surface area (Å²) in [5.74, 6) is -0.615. The summed E-state index contributed by atoms with van der Waals surface area (Å²) in [5, 5.41) is 1.47. The first-order valence-corrected chi connectivity index (χ1v) is 15.2. The number of anilines is 1. The number of nitrogens with one attached hydrogen (secondary N) is 1. The number of methoxy groups -OCH3 is 1. The smallest absolute Gasteiger partial charge is 0.435 e. The summed E-state index contributed by atoms with van der Waals surface area (Å²) in [6.07, 6.45) is 1.31. The fraction of sp³-hybridized carbons (Fsp3) is 0.188. The van der Waals surface area contributed by atoms with Gasteiger partial charge in [-0.15, -0.1) is 0 Å². The zero-order valence-corrected chi connectivity index (χ0v) is 25.2. The summed E-state index contributed by atoms with van der Waals surface area (Å²) in [5.41, 5.74) is 10.8. The number of aromatic amines is 1. The Bertz CT molecular complexity index is 2000. The average Bonchev–Trinajstić information content (AvgIpc) is 3.33. The molecule has 0 atom stereocenters. The number of nitrogens with two attached hydrogens (primary N) is 1. The Morgan fingerprint density at radius 1 is 1.05 bits per heavy atom. The zero-order valence-electron chi connectivity index (χ0n) is 24.4. The Balaban J connectivity index is 1.50. The number of carbonyl (C=O) groups is 2. The number of hydrogen-bond acceptors (Lipinski definition) is 7. The highest BCUT2D eigenvalue weighted by atomic mass is 32.2. The number of aliphatic imine (C=N–C) groups is 1. The number of para-hydroxylation sites is 1. The van der Waals surface area contributed by atoms with Crippen LogP contribution in [0.5, 0.6) is 0 Å². The van der Waals surface area contributed by atoms with Crippen molar-refractivity contribution in [2.24, 2.45) is 10.7 Å². The van der Waals surface area contributed by atoms with Crippen molar-refractivity contribution >= 4 is 55.4 Å². The van der Waals surface area contributed by atoms with Crippen molar-refractivity contribution in [1.29, 1.82) is 0 Å². The highest BCUT2D eigenvalue weighted by Crippen LogP contribution is 2.32. The number of aromatic nitrogens is 2. The van der Waals surface area contributed by atoms with Crippen LogP contribution in [-0.4, -0.2) is 56.5 Å². The van der Waals surface area contributed by atoms with Crippen LogP contribution >= 0.6 is 0 Å². The van der Waals surface area contributed by atoms with Gasteiger partial charge >= 0.3 is 12.1 Å². The first kappa shape index (κ1) is 30.2. The number of amides is 1. The van der Waals surface area contributed by atoms with E-state index in [-0.39, 0.29) is 17.3 Å². The molecule has 0 aliphatic heterocycles. The van der Waals surface area contributed by atoms with Crippen LogP contribution in [0.3, 0.4) is 0 Å². The Labute approximate surface area is 254 Å². The van der Waals surface area contributed by atoms with E-state index in [1.807, 2.05) is 19.1 Å². The molecule has 12 heteroatoms. The maximum atomic E-state index is 14.1. The van der Waals surface area contributed by atoms with Gasteiger partial charge in [0.25, 0.3) is 10.0 Å². The summed E-state index contributed by atoms with van der Waals surface area (Å²) in [7, 11) is -3.00. The largest absolute Gasteiger partial charge is 0.465 e. The summed E-state index contributed by atoms with van der Waals surface area (Å²) >= 11 is 0. The molecule has 0 aliphatic rings. The van der Waals surface area contributed by atoms with Gasteiger partial charge in [0, 0.05) is 40.2 Å². The molecule has 0 saturated heterocycles. The van der Waals surface area contributed by atoms with Gasteiger partial charge in [-0.05, 0) is 55.3 Å². The molecule has 5 aromatic rings. The van der Waals surface area contributed by atoms with Crippen LogP contribution in [-0.2, 0) is 30.7 Å². The van der Waals surface area contributed by atoms with Gasteiger partial charge < -0.3 is 20.2 Å². The molecule has 11 nitrogen and oxygen atoms in total. The minimum atomic E-state index is -4.23. The molecule has 44 heavy (non-hydrogen) atoms. The van der Waals surface area contributed by atoms with E-state index < -0.39 is 28.6 Å². The van der Waals surface area contributed by atoms with Gasteiger partial charge in [0.15, 0.2) is 0 Å². The van der Waals surface area contributed by atoms with E-state index in [2.05, 4.69) is 19.7 Å². The predicted molar refractivity (Wildman–Crippen MR) is 168 cm³/mol. The minimum Gasteiger partial charge on any atom is -0.465 e. The third kappa shape index (κ3) is 6.11. The lowest BCUT2D eigenvalue weighted by molar-refractivity contribution is -0.141. The summed E-state index contributed by atoms with van der Waals surface area (Å²) in [6.45, 7) is 3.23. The monoisotopic (exact) mass is 613 g/mol. The van der Waals surface area contributed by atoms with Gasteiger partial charge in [0.1, 0.15) is 17.3 Å². The van der Waals surface area contributed by atoms with Crippen molar-refractivity contribution in [3.8, 4) is 0 Å². The molecule has 0 aliphatic carbocycles. The predicted octanol–water partition coefficient (Wildman–Crippen LogP) is 4.85. The molecule has 5 rings (SSSR count). The van der Waals surface area contributed by atoms with Gasteiger partial charge in [-0.1, -0.05) is 42.5 Å². The van der Waals surface area contributed by atoms with Gasteiger partial charge in [-0.2, -0.15) is 4.99 Å². The van der Waals surface area contributed by atoms with Crippen molar-refractivity contribution in [3.63, 3.8) is 0 Å². The molecule has 3 N–H and O–H groups in total. The molecule has 0 bridgehead atoms. The van der Waals surface area contributed by atoms with Crippen molar-refractivity contribution in [1.82, 2.24) is 9.97 Å². The number of benzene rings is 3. The van der Waals surface area contributed by atoms with E-state index in [9.17, 15) is 18.0 Å². The number of rotatable bonds is 9. The molecule has 0 saturated carbocycles. The molecule has 0 unspecified atom stereocenters. The second-order valence-electron chi connectivity index (χ2n) is 9.95. The normalized spacial score (nSPS) is 11.9. The zero-order chi connectivity index (χ0) is 31.4. The summed E-state index contributed by atoms with van der Waals surface area (Å²) in [6, 6.07) is 21.0. The number of ether oxygens (including phenoxy) is 2. The lowest BCUT2D eigenvalue weighted by atomic mass is 10.0. The summed E-state index contributed by atoms with van der Waals surface area (Å²) in [4.78, 5) is 35.5. The lowest BCUT2D eigenvalue weighted by Gasteiger charge is -2.24. The topological polar surface area (TPSA) is 157 Å². The molecular formula is C32H31N5O6S. The highest BCUT2D eigenvalue weighted by molar-refractivity contribution is 7.93. The number of nitrogens with zero attached hydrogens (tertiary/aromatic N) is 3. The summed E-state index contributed by atoms with van der Waals surface area (Å²) < 4.78 is 39.0. The molecule has 0 fully saturated rings. The van der Waals surface area contributed by atoms with E-state index in [4.69, 9.17) is 10.5 Å². The van der Waals surface area contributed by atoms with Crippen molar-refractivity contribution in [2.45, 2.75) is 25.2 Å².